The number of thiophene rings is 1. The lowest BCUT2D eigenvalue weighted by atomic mass is 10.1. The number of hydrogen-bond acceptors (Lipinski definition) is 6. The fourth-order valence-corrected chi connectivity index (χ4v) is 5.27. The Morgan fingerprint density at radius 3 is 2.48 bits per heavy atom. The standard InChI is InChI=1S/C22H19FN4O4S2/c1-13-12-27(21(28)16-7-5-14(24-2)10-17(13)16)19-8-6-15(11-18(19)23)25-22(29)26-33(30,31)20-4-3-9-32-20/h3-12,24H,1-2H3,(H2,25,26,29). The number of rotatable bonds is 5. The summed E-state index contributed by atoms with van der Waals surface area (Å²) in [6, 6.07) is 10.9. The van der Waals surface area contributed by atoms with Crippen LogP contribution in [0, 0.1) is 12.7 Å². The van der Waals surface area contributed by atoms with Crippen LogP contribution in [0.2, 0.25) is 0 Å². The Balaban J connectivity index is 1.62. The molecule has 33 heavy (non-hydrogen) atoms. The lowest BCUT2D eigenvalue weighted by molar-refractivity contribution is 0.256. The third-order valence-corrected chi connectivity index (χ3v) is 7.69. The fourth-order valence-electron chi connectivity index (χ4n) is 3.37. The van der Waals surface area contributed by atoms with Gasteiger partial charge in [-0.25, -0.2) is 22.3 Å². The van der Waals surface area contributed by atoms with Gasteiger partial charge in [-0.1, -0.05) is 6.07 Å². The monoisotopic (exact) mass is 486 g/mol. The molecule has 0 unspecified atom stereocenters. The van der Waals surface area contributed by atoms with E-state index in [0.717, 1.165) is 34.0 Å². The highest BCUT2D eigenvalue weighted by Crippen LogP contribution is 2.23. The van der Waals surface area contributed by atoms with Gasteiger partial charge in [0.2, 0.25) is 0 Å². The van der Waals surface area contributed by atoms with Crippen molar-refractivity contribution in [3.05, 3.63) is 81.8 Å². The Morgan fingerprint density at radius 1 is 1.06 bits per heavy atom. The Morgan fingerprint density at radius 2 is 1.82 bits per heavy atom. The van der Waals surface area contributed by atoms with Gasteiger partial charge in [-0.2, -0.15) is 0 Å². The van der Waals surface area contributed by atoms with E-state index in [1.165, 1.54) is 22.8 Å². The van der Waals surface area contributed by atoms with E-state index in [4.69, 9.17) is 0 Å². The number of urea groups is 1. The van der Waals surface area contributed by atoms with Crippen LogP contribution in [0.1, 0.15) is 5.56 Å². The topological polar surface area (TPSA) is 109 Å². The average molecular weight is 487 g/mol. The van der Waals surface area contributed by atoms with Crippen LogP contribution in [0.3, 0.4) is 0 Å². The average Bonchev–Trinajstić information content (AvgIpc) is 3.32. The molecule has 0 aliphatic rings. The molecule has 0 atom stereocenters. The molecule has 4 aromatic rings. The number of nitrogens with zero attached hydrogens (tertiary/aromatic N) is 1. The molecule has 0 aliphatic heterocycles. The predicted molar refractivity (Wildman–Crippen MR) is 127 cm³/mol. The predicted octanol–water partition coefficient (Wildman–Crippen LogP) is 4.05. The van der Waals surface area contributed by atoms with Crippen LogP contribution in [-0.4, -0.2) is 26.1 Å². The Hall–Kier alpha value is -3.70. The maximum absolute atomic E-state index is 14.9. The molecule has 2 aromatic heterocycles. The quantitative estimate of drug-likeness (QED) is 0.394. The van der Waals surface area contributed by atoms with Gasteiger partial charge in [0.05, 0.1) is 5.69 Å². The highest BCUT2D eigenvalue weighted by Gasteiger charge is 2.19. The number of amides is 2. The van der Waals surface area contributed by atoms with Crippen LogP contribution < -0.4 is 20.9 Å². The summed E-state index contributed by atoms with van der Waals surface area (Å²) >= 11 is 0.959. The van der Waals surface area contributed by atoms with Gasteiger partial charge in [0.25, 0.3) is 15.6 Å². The Bertz CT molecular complexity index is 1530. The van der Waals surface area contributed by atoms with E-state index in [0.29, 0.717) is 5.39 Å². The van der Waals surface area contributed by atoms with Gasteiger partial charge in [0, 0.05) is 30.0 Å². The van der Waals surface area contributed by atoms with Crippen LogP contribution in [0.4, 0.5) is 20.6 Å². The van der Waals surface area contributed by atoms with Crippen molar-refractivity contribution < 1.29 is 17.6 Å². The Kier molecular flexibility index (Phi) is 5.91. The van der Waals surface area contributed by atoms with E-state index < -0.39 is 27.4 Å². The molecule has 0 radical (unpaired) electrons. The second kappa shape index (κ2) is 8.68. The van der Waals surface area contributed by atoms with Crippen molar-refractivity contribution in [1.82, 2.24) is 9.29 Å². The zero-order valence-electron chi connectivity index (χ0n) is 17.5. The number of anilines is 2. The maximum atomic E-state index is 14.9. The van der Waals surface area contributed by atoms with Crippen molar-refractivity contribution in [2.75, 3.05) is 17.7 Å². The molecule has 0 aliphatic carbocycles. The molecule has 2 amide bonds. The normalized spacial score (nSPS) is 11.4. The van der Waals surface area contributed by atoms with Crippen LogP contribution in [-0.2, 0) is 10.0 Å². The Labute approximate surface area is 192 Å². The zero-order valence-corrected chi connectivity index (χ0v) is 19.2. The van der Waals surface area contributed by atoms with Crippen molar-refractivity contribution in [3.63, 3.8) is 0 Å². The van der Waals surface area contributed by atoms with Crippen LogP contribution >= 0.6 is 11.3 Å². The number of hydrogen-bond donors (Lipinski definition) is 3. The summed E-state index contributed by atoms with van der Waals surface area (Å²) in [6.45, 7) is 1.82. The second-order valence-electron chi connectivity index (χ2n) is 7.16. The first-order valence-electron chi connectivity index (χ1n) is 9.70. The van der Waals surface area contributed by atoms with Crippen molar-refractivity contribution >= 4 is 49.5 Å². The summed E-state index contributed by atoms with van der Waals surface area (Å²) in [4.78, 5) is 25.1. The molecule has 3 N–H and O–H groups in total. The largest absolute Gasteiger partial charge is 0.388 e. The molecule has 170 valence electrons. The van der Waals surface area contributed by atoms with Crippen molar-refractivity contribution in [1.29, 1.82) is 0 Å². The van der Waals surface area contributed by atoms with E-state index in [9.17, 15) is 22.4 Å². The summed E-state index contributed by atoms with van der Waals surface area (Å²) in [5.41, 5.74) is 1.27. The van der Waals surface area contributed by atoms with Crippen LogP contribution in [0.15, 0.2) is 69.1 Å². The summed E-state index contributed by atoms with van der Waals surface area (Å²) in [5.74, 6) is -0.762. The number of sulfonamides is 1. The molecule has 0 spiro atoms. The first-order valence-corrected chi connectivity index (χ1v) is 12.1. The molecule has 0 saturated carbocycles. The molecule has 2 aromatic carbocycles. The summed E-state index contributed by atoms with van der Waals surface area (Å²) in [7, 11) is -2.24. The molecule has 4 rings (SSSR count). The van der Waals surface area contributed by atoms with E-state index in [1.807, 2.05) is 17.7 Å². The van der Waals surface area contributed by atoms with Gasteiger partial charge in [-0.15, -0.1) is 11.3 Å². The highest BCUT2D eigenvalue weighted by atomic mass is 32.2. The molecule has 0 fully saturated rings. The summed E-state index contributed by atoms with van der Waals surface area (Å²) < 4.78 is 42.3. The number of aromatic nitrogens is 1. The van der Waals surface area contributed by atoms with E-state index in [2.05, 4.69) is 10.6 Å². The van der Waals surface area contributed by atoms with Gasteiger partial charge in [0.15, 0.2) is 0 Å². The fraction of sp³-hybridized carbons (Fsp3) is 0.0909. The first-order chi connectivity index (χ1) is 15.7. The molecular formula is C22H19FN4O4S2. The number of carbonyl (C=O) groups is 1. The molecule has 0 saturated heterocycles. The summed E-state index contributed by atoms with van der Waals surface area (Å²) in [6.07, 6.45) is 1.55. The second-order valence-corrected chi connectivity index (χ2v) is 10.0. The highest BCUT2D eigenvalue weighted by molar-refractivity contribution is 7.92. The number of pyridine rings is 1. The minimum Gasteiger partial charge on any atom is -0.388 e. The smallest absolute Gasteiger partial charge is 0.333 e. The zero-order chi connectivity index (χ0) is 23.8. The van der Waals surface area contributed by atoms with Gasteiger partial charge in [-0.05, 0) is 65.7 Å². The van der Waals surface area contributed by atoms with Gasteiger partial charge in [-0.3, -0.25) is 9.36 Å². The minimum atomic E-state index is -4.02. The van der Waals surface area contributed by atoms with Crippen LogP contribution in [0.5, 0.6) is 0 Å². The SMILES string of the molecule is CNc1ccc2c(=O)n(-c3ccc(NC(=O)NS(=O)(=O)c4cccs4)cc3F)cc(C)c2c1. The lowest BCUT2D eigenvalue weighted by Gasteiger charge is -2.13. The van der Waals surface area contributed by atoms with E-state index in [1.54, 1.807) is 36.8 Å². The van der Waals surface area contributed by atoms with E-state index in [-0.39, 0.29) is 15.6 Å². The number of benzene rings is 2. The van der Waals surface area contributed by atoms with Crippen LogP contribution in [0.25, 0.3) is 16.5 Å². The molecule has 11 heteroatoms. The number of fused-ring (bicyclic) bond motifs is 1. The molecular weight excluding hydrogens is 467 g/mol. The summed E-state index contributed by atoms with van der Waals surface area (Å²) in [5, 5.41) is 8.07. The van der Waals surface area contributed by atoms with Gasteiger partial charge in [0.1, 0.15) is 10.0 Å². The lowest BCUT2D eigenvalue weighted by Crippen LogP contribution is -2.34. The first kappa shape index (κ1) is 22.5. The van der Waals surface area contributed by atoms with Crippen molar-refractivity contribution in [2.45, 2.75) is 11.1 Å². The van der Waals surface area contributed by atoms with Crippen molar-refractivity contribution in [2.24, 2.45) is 0 Å². The van der Waals surface area contributed by atoms with Crippen molar-refractivity contribution in [3.8, 4) is 5.69 Å². The third-order valence-electron chi connectivity index (χ3n) is 4.96. The maximum Gasteiger partial charge on any atom is 0.333 e. The number of carbonyl (C=O) groups excluding carboxylic acids is 1. The van der Waals surface area contributed by atoms with Gasteiger partial charge >= 0.3 is 6.03 Å². The molecule has 2 heterocycles. The molecule has 0 bridgehead atoms. The number of aryl methyl sites for hydroxylation is 1. The number of nitrogens with one attached hydrogen (secondary N) is 3. The minimum absolute atomic E-state index is 0.000131. The molecule has 8 nitrogen and oxygen atoms in total. The number of halogens is 1. The third kappa shape index (κ3) is 4.45. The van der Waals surface area contributed by atoms with Gasteiger partial charge < -0.3 is 10.6 Å². The van der Waals surface area contributed by atoms with E-state index >= 15 is 0 Å².